The Morgan fingerprint density at radius 3 is 2.35 bits per heavy atom. The molecule has 0 saturated carbocycles. The van der Waals surface area contributed by atoms with Crippen molar-refractivity contribution < 1.29 is 8.78 Å². The number of hydrogen-bond donors (Lipinski definition) is 1. The van der Waals surface area contributed by atoms with E-state index in [0.717, 1.165) is 36.9 Å². The highest BCUT2D eigenvalue weighted by molar-refractivity contribution is 5.57. The maximum absolute atomic E-state index is 13.1. The molecule has 4 heteroatoms. The molecular formula is C13H14F2N2. The molecule has 17 heavy (non-hydrogen) atoms. The molecule has 0 fully saturated rings. The number of nitrogens with zero attached hydrogens (tertiary/aromatic N) is 1. The zero-order chi connectivity index (χ0) is 11.8. The molecule has 1 aromatic rings. The van der Waals surface area contributed by atoms with Gasteiger partial charge in [0.05, 0.1) is 12.9 Å². The third kappa shape index (κ3) is 2.04. The first kappa shape index (κ1) is 10.7. The van der Waals surface area contributed by atoms with Crippen molar-refractivity contribution in [2.75, 3.05) is 6.54 Å². The molecular weight excluding hydrogens is 222 g/mol. The average Bonchev–Trinajstić information content (AvgIpc) is 2.89. The van der Waals surface area contributed by atoms with Gasteiger partial charge in [-0.2, -0.15) is 0 Å². The minimum Gasteiger partial charge on any atom is -0.372 e. The summed E-state index contributed by atoms with van der Waals surface area (Å²) in [4.78, 5) is 4.13. The molecule has 90 valence electrons. The van der Waals surface area contributed by atoms with Crippen molar-refractivity contribution in [1.82, 2.24) is 5.32 Å². The van der Waals surface area contributed by atoms with Gasteiger partial charge in [0, 0.05) is 6.04 Å². The van der Waals surface area contributed by atoms with Gasteiger partial charge in [-0.05, 0) is 48.4 Å². The second-order valence-electron chi connectivity index (χ2n) is 4.90. The largest absolute Gasteiger partial charge is 0.372 e. The van der Waals surface area contributed by atoms with Crippen LogP contribution < -0.4 is 5.32 Å². The quantitative estimate of drug-likeness (QED) is 0.835. The van der Waals surface area contributed by atoms with Crippen molar-refractivity contribution in [1.29, 1.82) is 0 Å². The van der Waals surface area contributed by atoms with Crippen LogP contribution in [0.15, 0.2) is 17.1 Å². The summed E-state index contributed by atoms with van der Waals surface area (Å²) >= 11 is 0. The predicted molar refractivity (Wildman–Crippen MR) is 62.2 cm³/mol. The minimum atomic E-state index is -0.730. The molecule has 1 aliphatic carbocycles. The van der Waals surface area contributed by atoms with Crippen LogP contribution in [0.25, 0.3) is 0 Å². The molecule has 1 atom stereocenters. The van der Waals surface area contributed by atoms with Gasteiger partial charge in [-0.1, -0.05) is 0 Å². The number of rotatable bonds is 2. The van der Waals surface area contributed by atoms with Crippen molar-refractivity contribution in [3.05, 3.63) is 34.9 Å². The van der Waals surface area contributed by atoms with E-state index in [1.807, 2.05) is 0 Å². The third-order valence-electron chi connectivity index (χ3n) is 3.60. The van der Waals surface area contributed by atoms with Crippen molar-refractivity contribution in [2.45, 2.75) is 25.3 Å². The summed E-state index contributed by atoms with van der Waals surface area (Å²) in [6.07, 6.45) is 4.46. The highest BCUT2D eigenvalue weighted by atomic mass is 19.2. The number of hydrogen-bond acceptors (Lipinski definition) is 2. The molecule has 0 radical (unpaired) electrons. The number of fused-ring (bicyclic) bond motifs is 1. The molecule has 1 aromatic carbocycles. The highest BCUT2D eigenvalue weighted by Crippen LogP contribution is 2.31. The number of aliphatic imine (C=N–C) groups is 1. The molecule has 2 aliphatic rings. The summed E-state index contributed by atoms with van der Waals surface area (Å²) in [7, 11) is 0. The number of benzene rings is 1. The van der Waals surface area contributed by atoms with Crippen LogP contribution in [-0.4, -0.2) is 18.9 Å². The summed E-state index contributed by atoms with van der Waals surface area (Å²) in [5.74, 6) is -0.983. The Morgan fingerprint density at radius 1 is 1.18 bits per heavy atom. The monoisotopic (exact) mass is 236 g/mol. The maximum atomic E-state index is 13.1. The summed E-state index contributed by atoms with van der Waals surface area (Å²) < 4.78 is 26.2. The van der Waals surface area contributed by atoms with Gasteiger partial charge in [-0.25, -0.2) is 8.78 Å². The standard InChI is InChI=1S/C13H14F2N2/c14-12-4-9-1-8(2-10(9)5-13(12)15)3-11-6-16-7-17-11/h4-5,7-8,11H,1-3,6H2,(H,16,17)/t11-/m0/s1. The van der Waals surface area contributed by atoms with Crippen LogP contribution in [0.4, 0.5) is 8.78 Å². The first-order valence-electron chi connectivity index (χ1n) is 5.93. The lowest BCUT2D eigenvalue weighted by Gasteiger charge is -2.14. The van der Waals surface area contributed by atoms with E-state index in [0.29, 0.717) is 12.0 Å². The number of nitrogens with one attached hydrogen (secondary N) is 1. The normalized spacial score (nSPS) is 22.8. The lowest BCUT2D eigenvalue weighted by Crippen LogP contribution is -2.27. The fourth-order valence-corrected chi connectivity index (χ4v) is 2.81. The molecule has 0 unspecified atom stereocenters. The smallest absolute Gasteiger partial charge is 0.159 e. The van der Waals surface area contributed by atoms with Gasteiger partial charge in [-0.15, -0.1) is 0 Å². The van der Waals surface area contributed by atoms with E-state index in [1.165, 1.54) is 12.1 Å². The molecule has 1 aliphatic heterocycles. The first-order chi connectivity index (χ1) is 8.22. The van der Waals surface area contributed by atoms with Gasteiger partial charge in [0.1, 0.15) is 0 Å². The Hall–Kier alpha value is -1.45. The highest BCUT2D eigenvalue weighted by Gasteiger charge is 2.26. The van der Waals surface area contributed by atoms with Crippen LogP contribution in [0.1, 0.15) is 17.5 Å². The molecule has 0 aromatic heterocycles. The van der Waals surface area contributed by atoms with E-state index >= 15 is 0 Å². The van der Waals surface area contributed by atoms with E-state index < -0.39 is 11.6 Å². The van der Waals surface area contributed by atoms with Crippen molar-refractivity contribution in [3.8, 4) is 0 Å². The molecule has 3 rings (SSSR count). The second kappa shape index (κ2) is 4.09. The lowest BCUT2D eigenvalue weighted by atomic mass is 9.97. The van der Waals surface area contributed by atoms with Gasteiger partial charge < -0.3 is 5.32 Å². The van der Waals surface area contributed by atoms with Crippen LogP contribution in [0.2, 0.25) is 0 Å². The molecule has 0 saturated heterocycles. The molecule has 0 amide bonds. The lowest BCUT2D eigenvalue weighted by molar-refractivity contribution is 0.444. The van der Waals surface area contributed by atoms with Gasteiger partial charge in [0.2, 0.25) is 0 Å². The Labute approximate surface area is 98.8 Å². The van der Waals surface area contributed by atoms with E-state index in [4.69, 9.17) is 0 Å². The second-order valence-corrected chi connectivity index (χ2v) is 4.90. The van der Waals surface area contributed by atoms with Crippen LogP contribution in [0.3, 0.4) is 0 Å². The minimum absolute atomic E-state index is 0.393. The van der Waals surface area contributed by atoms with Crippen LogP contribution in [-0.2, 0) is 12.8 Å². The van der Waals surface area contributed by atoms with E-state index in [2.05, 4.69) is 10.3 Å². The van der Waals surface area contributed by atoms with Crippen LogP contribution >= 0.6 is 0 Å². The molecule has 0 spiro atoms. The van der Waals surface area contributed by atoms with Crippen LogP contribution in [0.5, 0.6) is 0 Å². The van der Waals surface area contributed by atoms with Crippen molar-refractivity contribution >= 4 is 6.34 Å². The SMILES string of the molecule is Fc1cc2c(cc1F)CC(C[C@H]1CN=CN1)C2. The summed E-state index contributed by atoms with van der Waals surface area (Å²) in [6, 6.07) is 3.09. The Morgan fingerprint density at radius 2 is 1.82 bits per heavy atom. The van der Waals surface area contributed by atoms with Crippen molar-refractivity contribution in [3.63, 3.8) is 0 Å². The Bertz CT molecular complexity index is 432. The molecule has 1 heterocycles. The van der Waals surface area contributed by atoms with Gasteiger partial charge in [-0.3, -0.25) is 4.99 Å². The molecule has 1 N–H and O–H groups in total. The average molecular weight is 236 g/mol. The fraction of sp³-hybridized carbons (Fsp3) is 0.462. The Kier molecular flexibility index (Phi) is 2.57. The maximum Gasteiger partial charge on any atom is 0.159 e. The van der Waals surface area contributed by atoms with E-state index in [9.17, 15) is 8.78 Å². The summed E-state index contributed by atoms with van der Waals surface area (Å²) in [5.41, 5.74) is 1.93. The van der Waals surface area contributed by atoms with Gasteiger partial charge in [0.15, 0.2) is 11.6 Å². The van der Waals surface area contributed by atoms with Crippen LogP contribution in [0, 0.1) is 17.6 Å². The van der Waals surface area contributed by atoms with Gasteiger partial charge in [0.25, 0.3) is 0 Å². The summed E-state index contributed by atoms with van der Waals surface area (Å²) in [5, 5.41) is 3.19. The van der Waals surface area contributed by atoms with E-state index in [-0.39, 0.29) is 0 Å². The predicted octanol–water partition coefficient (Wildman–Crippen LogP) is 2.07. The third-order valence-corrected chi connectivity index (χ3v) is 3.60. The zero-order valence-corrected chi connectivity index (χ0v) is 9.42. The molecule has 0 bridgehead atoms. The van der Waals surface area contributed by atoms with Gasteiger partial charge >= 0.3 is 0 Å². The first-order valence-corrected chi connectivity index (χ1v) is 5.93. The Balaban J connectivity index is 1.70. The van der Waals surface area contributed by atoms with E-state index in [1.54, 1.807) is 6.34 Å². The topological polar surface area (TPSA) is 24.4 Å². The number of halogens is 2. The fourth-order valence-electron chi connectivity index (χ4n) is 2.81. The molecule has 2 nitrogen and oxygen atoms in total. The zero-order valence-electron chi connectivity index (χ0n) is 9.42. The van der Waals surface area contributed by atoms with Crippen molar-refractivity contribution in [2.24, 2.45) is 10.9 Å². The summed E-state index contributed by atoms with van der Waals surface area (Å²) in [6.45, 7) is 0.815.